The summed E-state index contributed by atoms with van der Waals surface area (Å²) in [7, 11) is 0. The summed E-state index contributed by atoms with van der Waals surface area (Å²) in [5, 5.41) is 4.03. The van der Waals surface area contributed by atoms with E-state index in [1.54, 1.807) is 28.4 Å². The Bertz CT molecular complexity index is 918. The average Bonchev–Trinajstić information content (AvgIpc) is 3.39. The fourth-order valence-electron chi connectivity index (χ4n) is 3.36. The van der Waals surface area contributed by atoms with Crippen molar-refractivity contribution in [1.82, 2.24) is 24.6 Å². The molecular weight excluding hydrogens is 377 g/mol. The van der Waals surface area contributed by atoms with E-state index in [9.17, 15) is 9.18 Å². The van der Waals surface area contributed by atoms with Gasteiger partial charge in [-0.2, -0.15) is 5.10 Å². The van der Waals surface area contributed by atoms with Crippen LogP contribution in [-0.4, -0.2) is 56.7 Å². The normalized spacial score (nSPS) is 15.1. The van der Waals surface area contributed by atoms with Gasteiger partial charge in [0.1, 0.15) is 18.5 Å². The number of amides is 1. The lowest BCUT2D eigenvalue weighted by atomic mass is 10.2. The zero-order valence-electron chi connectivity index (χ0n) is 15.5. The summed E-state index contributed by atoms with van der Waals surface area (Å²) in [5.74, 6) is -0.0259. The van der Waals surface area contributed by atoms with Crippen LogP contribution in [0.5, 0.6) is 0 Å². The number of aryl methyl sites for hydroxylation is 1. The van der Waals surface area contributed by atoms with Gasteiger partial charge in [-0.15, -0.1) is 11.3 Å². The van der Waals surface area contributed by atoms with Crippen molar-refractivity contribution in [3.63, 3.8) is 0 Å². The highest BCUT2D eigenvalue weighted by atomic mass is 32.1. The Hall–Kier alpha value is -2.58. The maximum absolute atomic E-state index is 14.0. The molecule has 3 heterocycles. The lowest BCUT2D eigenvalue weighted by Crippen LogP contribution is -2.48. The zero-order chi connectivity index (χ0) is 19.3. The number of piperazine rings is 1. The molecule has 146 valence electrons. The minimum Gasteiger partial charge on any atom is -0.340 e. The van der Waals surface area contributed by atoms with Gasteiger partial charge in [0.05, 0.1) is 6.54 Å². The number of benzene rings is 1. The van der Waals surface area contributed by atoms with E-state index < -0.39 is 0 Å². The van der Waals surface area contributed by atoms with Crippen LogP contribution in [0.4, 0.5) is 4.39 Å². The Kier molecular flexibility index (Phi) is 5.78. The van der Waals surface area contributed by atoms with E-state index in [0.29, 0.717) is 18.5 Å². The molecule has 1 amide bonds. The standard InChI is InChI=1S/C20H22FN5OS/c21-18-4-2-1-3-17(18)19-6-5-16(28-19)13-24-9-11-25(12-10-24)20(27)7-8-26-15-22-14-23-26/h1-6,14-15H,7-13H2. The highest BCUT2D eigenvalue weighted by molar-refractivity contribution is 7.15. The minimum absolute atomic E-state index is 0.160. The van der Waals surface area contributed by atoms with Gasteiger partial charge in [0.2, 0.25) is 5.91 Å². The molecule has 0 N–H and O–H groups in total. The first-order chi connectivity index (χ1) is 13.7. The van der Waals surface area contributed by atoms with Crippen LogP contribution in [0.15, 0.2) is 49.1 Å². The van der Waals surface area contributed by atoms with E-state index in [1.807, 2.05) is 23.1 Å². The van der Waals surface area contributed by atoms with Gasteiger partial charge in [0, 0.05) is 54.5 Å². The van der Waals surface area contributed by atoms with Crippen LogP contribution in [0.3, 0.4) is 0 Å². The highest BCUT2D eigenvalue weighted by Gasteiger charge is 2.21. The van der Waals surface area contributed by atoms with E-state index in [1.165, 1.54) is 17.3 Å². The van der Waals surface area contributed by atoms with E-state index in [4.69, 9.17) is 0 Å². The molecule has 0 bridgehead atoms. The number of hydrogen-bond donors (Lipinski definition) is 0. The molecule has 1 aliphatic rings. The molecule has 3 aromatic rings. The smallest absolute Gasteiger partial charge is 0.224 e. The van der Waals surface area contributed by atoms with Crippen molar-refractivity contribution in [3.8, 4) is 10.4 Å². The molecule has 0 saturated carbocycles. The van der Waals surface area contributed by atoms with Gasteiger partial charge in [-0.3, -0.25) is 14.4 Å². The SMILES string of the molecule is O=C(CCn1cncn1)N1CCN(Cc2ccc(-c3ccccc3F)s2)CC1. The van der Waals surface area contributed by atoms with Gasteiger partial charge in [-0.25, -0.2) is 9.37 Å². The van der Waals surface area contributed by atoms with Gasteiger partial charge in [0.15, 0.2) is 0 Å². The topological polar surface area (TPSA) is 54.3 Å². The molecule has 8 heteroatoms. The van der Waals surface area contributed by atoms with E-state index >= 15 is 0 Å². The van der Waals surface area contributed by atoms with Crippen molar-refractivity contribution in [1.29, 1.82) is 0 Å². The molecule has 0 radical (unpaired) electrons. The number of thiophene rings is 1. The third kappa shape index (κ3) is 4.45. The molecule has 6 nitrogen and oxygen atoms in total. The van der Waals surface area contributed by atoms with Crippen molar-refractivity contribution < 1.29 is 9.18 Å². The van der Waals surface area contributed by atoms with E-state index in [2.05, 4.69) is 21.0 Å². The summed E-state index contributed by atoms with van der Waals surface area (Å²) < 4.78 is 15.6. The summed E-state index contributed by atoms with van der Waals surface area (Å²) in [5.41, 5.74) is 0.654. The van der Waals surface area contributed by atoms with Crippen molar-refractivity contribution >= 4 is 17.2 Å². The predicted octanol–water partition coefficient (Wildman–Crippen LogP) is 2.88. The Labute approximate surface area is 167 Å². The van der Waals surface area contributed by atoms with Crippen molar-refractivity contribution in [3.05, 3.63) is 59.7 Å². The van der Waals surface area contributed by atoms with Crippen LogP contribution < -0.4 is 0 Å². The first-order valence-corrected chi connectivity index (χ1v) is 10.2. The number of carbonyl (C=O) groups is 1. The Morgan fingerprint density at radius 1 is 1.11 bits per heavy atom. The predicted molar refractivity (Wildman–Crippen MR) is 106 cm³/mol. The highest BCUT2D eigenvalue weighted by Crippen LogP contribution is 2.30. The minimum atomic E-state index is -0.186. The number of carbonyl (C=O) groups excluding carboxylic acids is 1. The van der Waals surface area contributed by atoms with Crippen LogP contribution in [0, 0.1) is 5.82 Å². The third-order valence-electron chi connectivity index (χ3n) is 4.93. The number of nitrogens with zero attached hydrogens (tertiary/aromatic N) is 5. The molecule has 1 saturated heterocycles. The Balaban J connectivity index is 1.27. The molecule has 0 unspecified atom stereocenters. The van der Waals surface area contributed by atoms with Gasteiger partial charge >= 0.3 is 0 Å². The molecule has 1 aliphatic heterocycles. The van der Waals surface area contributed by atoms with Crippen molar-refractivity contribution in [2.24, 2.45) is 0 Å². The van der Waals surface area contributed by atoms with Crippen LogP contribution in [0.2, 0.25) is 0 Å². The number of aromatic nitrogens is 3. The monoisotopic (exact) mass is 399 g/mol. The Morgan fingerprint density at radius 3 is 2.68 bits per heavy atom. The summed E-state index contributed by atoms with van der Waals surface area (Å²) in [6.45, 7) is 4.57. The van der Waals surface area contributed by atoms with Crippen LogP contribution >= 0.6 is 11.3 Å². The molecule has 2 aromatic heterocycles. The van der Waals surface area contributed by atoms with Gasteiger partial charge in [-0.05, 0) is 18.2 Å². The summed E-state index contributed by atoms with van der Waals surface area (Å²) in [6, 6.07) is 10.9. The van der Waals surface area contributed by atoms with E-state index in [-0.39, 0.29) is 11.7 Å². The summed E-state index contributed by atoms with van der Waals surface area (Å²) in [4.78, 5) is 22.7. The van der Waals surface area contributed by atoms with E-state index in [0.717, 1.165) is 37.6 Å². The molecule has 0 aliphatic carbocycles. The second-order valence-electron chi connectivity index (χ2n) is 6.81. The first-order valence-electron chi connectivity index (χ1n) is 9.35. The maximum atomic E-state index is 14.0. The third-order valence-corrected chi connectivity index (χ3v) is 6.03. The molecule has 0 spiro atoms. The number of rotatable bonds is 6. The molecule has 0 atom stereocenters. The molecule has 4 rings (SSSR count). The van der Waals surface area contributed by atoms with Crippen LogP contribution in [0.1, 0.15) is 11.3 Å². The summed E-state index contributed by atoms with van der Waals surface area (Å²) >= 11 is 1.63. The fraction of sp³-hybridized carbons (Fsp3) is 0.350. The first kappa shape index (κ1) is 18.8. The molecular formula is C20H22FN5OS. The van der Waals surface area contributed by atoms with Gasteiger partial charge in [-0.1, -0.05) is 18.2 Å². The number of halogens is 1. The average molecular weight is 399 g/mol. The van der Waals surface area contributed by atoms with Gasteiger partial charge < -0.3 is 4.90 Å². The number of hydrogen-bond acceptors (Lipinski definition) is 5. The molecule has 1 fully saturated rings. The second kappa shape index (κ2) is 8.62. The maximum Gasteiger partial charge on any atom is 0.224 e. The Morgan fingerprint density at radius 2 is 1.93 bits per heavy atom. The lowest BCUT2D eigenvalue weighted by molar-refractivity contribution is -0.133. The van der Waals surface area contributed by atoms with Gasteiger partial charge in [0.25, 0.3) is 0 Å². The molecule has 28 heavy (non-hydrogen) atoms. The fourth-order valence-corrected chi connectivity index (χ4v) is 4.44. The summed E-state index contributed by atoms with van der Waals surface area (Å²) in [6.07, 6.45) is 3.55. The van der Waals surface area contributed by atoms with Crippen molar-refractivity contribution in [2.75, 3.05) is 26.2 Å². The van der Waals surface area contributed by atoms with Crippen molar-refractivity contribution in [2.45, 2.75) is 19.5 Å². The second-order valence-corrected chi connectivity index (χ2v) is 7.98. The van der Waals surface area contributed by atoms with Crippen LogP contribution in [0.25, 0.3) is 10.4 Å². The largest absolute Gasteiger partial charge is 0.340 e. The van der Waals surface area contributed by atoms with Crippen LogP contribution in [-0.2, 0) is 17.9 Å². The quantitative estimate of drug-likeness (QED) is 0.640. The lowest BCUT2D eigenvalue weighted by Gasteiger charge is -2.34. The zero-order valence-corrected chi connectivity index (χ0v) is 16.3. The molecule has 1 aromatic carbocycles.